The summed E-state index contributed by atoms with van der Waals surface area (Å²) in [5.74, 6) is 1.04. The van der Waals surface area contributed by atoms with E-state index >= 15 is 0 Å². The van der Waals surface area contributed by atoms with Crippen LogP contribution in [0.2, 0.25) is 0 Å². The fraction of sp³-hybridized carbons (Fsp3) is 0.188. The highest BCUT2D eigenvalue weighted by Crippen LogP contribution is 2.29. The number of anilines is 2. The minimum absolute atomic E-state index is 0.232. The van der Waals surface area contributed by atoms with Crippen molar-refractivity contribution < 1.29 is 4.79 Å². The first kappa shape index (κ1) is 12.1. The molecule has 104 valence electrons. The molecule has 0 atom stereocenters. The Kier molecular flexibility index (Phi) is 2.54. The summed E-state index contributed by atoms with van der Waals surface area (Å²) in [6.07, 6.45) is 4.91. The molecule has 0 saturated heterocycles. The van der Waals surface area contributed by atoms with Crippen molar-refractivity contribution in [1.29, 1.82) is 0 Å². The highest BCUT2D eigenvalue weighted by molar-refractivity contribution is 6.01. The molecule has 0 bridgehead atoms. The first-order chi connectivity index (χ1) is 10.2. The van der Waals surface area contributed by atoms with Crippen LogP contribution < -0.4 is 4.90 Å². The van der Waals surface area contributed by atoms with Crippen LogP contribution in [-0.4, -0.2) is 27.8 Å². The Morgan fingerprint density at radius 1 is 1.19 bits per heavy atom. The van der Waals surface area contributed by atoms with E-state index in [4.69, 9.17) is 0 Å². The molecule has 0 spiro atoms. The molecule has 1 aliphatic carbocycles. The topological polar surface area (TPSA) is 61.9 Å². The summed E-state index contributed by atoms with van der Waals surface area (Å²) in [5.41, 5.74) is 4.75. The summed E-state index contributed by atoms with van der Waals surface area (Å²) in [6, 6.07) is 7.97. The number of rotatable bonds is 2. The van der Waals surface area contributed by atoms with E-state index in [1.54, 1.807) is 12.5 Å². The molecule has 1 aromatic carbocycles. The van der Waals surface area contributed by atoms with Gasteiger partial charge in [0, 0.05) is 30.8 Å². The van der Waals surface area contributed by atoms with Crippen molar-refractivity contribution in [2.75, 3.05) is 11.9 Å². The third-order valence-electron chi connectivity index (χ3n) is 4.04. The SMILES string of the molecule is CN(c1ccc2c(c1)C(=O)CC2)c1cc2nc[nH]c2cn1. The van der Waals surface area contributed by atoms with Gasteiger partial charge in [-0.3, -0.25) is 4.79 Å². The van der Waals surface area contributed by atoms with Gasteiger partial charge < -0.3 is 9.88 Å². The highest BCUT2D eigenvalue weighted by Gasteiger charge is 2.20. The lowest BCUT2D eigenvalue weighted by molar-refractivity contribution is 0.0994. The number of aromatic amines is 1. The molecular weight excluding hydrogens is 264 g/mol. The Morgan fingerprint density at radius 2 is 2.10 bits per heavy atom. The van der Waals surface area contributed by atoms with Gasteiger partial charge >= 0.3 is 0 Å². The highest BCUT2D eigenvalue weighted by atomic mass is 16.1. The maximum atomic E-state index is 11.9. The summed E-state index contributed by atoms with van der Waals surface area (Å²) in [6.45, 7) is 0. The molecule has 0 fully saturated rings. The van der Waals surface area contributed by atoms with Crippen LogP contribution >= 0.6 is 0 Å². The third-order valence-corrected chi connectivity index (χ3v) is 4.04. The molecule has 5 nitrogen and oxygen atoms in total. The van der Waals surface area contributed by atoms with Gasteiger partial charge in [0.15, 0.2) is 5.78 Å². The number of nitrogens with one attached hydrogen (secondary N) is 1. The standard InChI is InChI=1S/C16H14N4O/c1-20(16-7-13-14(8-17-16)19-9-18-13)11-4-2-10-3-5-15(21)12(10)6-11/h2,4,6-9H,3,5H2,1H3,(H,18,19). The Balaban J connectivity index is 1.75. The Labute approximate surface area is 121 Å². The molecule has 5 heteroatoms. The van der Waals surface area contributed by atoms with E-state index in [9.17, 15) is 4.79 Å². The normalized spacial score (nSPS) is 13.7. The number of fused-ring (bicyclic) bond motifs is 2. The fourth-order valence-corrected chi connectivity index (χ4v) is 2.77. The van der Waals surface area contributed by atoms with Crippen LogP contribution in [0.5, 0.6) is 0 Å². The van der Waals surface area contributed by atoms with Gasteiger partial charge in [0.2, 0.25) is 0 Å². The molecular formula is C16H14N4O. The lowest BCUT2D eigenvalue weighted by atomic mass is 10.1. The van der Waals surface area contributed by atoms with Gasteiger partial charge in [-0.2, -0.15) is 0 Å². The average Bonchev–Trinajstić information content (AvgIpc) is 3.12. The molecule has 2 heterocycles. The van der Waals surface area contributed by atoms with Crippen molar-refractivity contribution in [3.63, 3.8) is 0 Å². The number of carbonyl (C=O) groups excluding carboxylic acids is 1. The first-order valence-electron chi connectivity index (χ1n) is 6.91. The van der Waals surface area contributed by atoms with Crippen LogP contribution in [0.4, 0.5) is 11.5 Å². The number of imidazole rings is 1. The zero-order valence-corrected chi connectivity index (χ0v) is 11.6. The Hall–Kier alpha value is -2.69. The smallest absolute Gasteiger partial charge is 0.163 e. The maximum absolute atomic E-state index is 11.9. The first-order valence-corrected chi connectivity index (χ1v) is 6.91. The van der Waals surface area contributed by atoms with Crippen molar-refractivity contribution in [2.24, 2.45) is 0 Å². The monoisotopic (exact) mass is 278 g/mol. The molecule has 0 aliphatic heterocycles. The van der Waals surface area contributed by atoms with Crippen LogP contribution in [0.15, 0.2) is 36.8 Å². The molecule has 21 heavy (non-hydrogen) atoms. The summed E-state index contributed by atoms with van der Waals surface area (Å²) in [4.78, 5) is 25.6. The predicted octanol–water partition coefficient (Wildman–Crippen LogP) is 2.85. The van der Waals surface area contributed by atoms with Crippen LogP contribution in [0.1, 0.15) is 22.3 Å². The van der Waals surface area contributed by atoms with Crippen molar-refractivity contribution in [2.45, 2.75) is 12.8 Å². The average molecular weight is 278 g/mol. The van der Waals surface area contributed by atoms with Crippen LogP contribution in [0, 0.1) is 0 Å². The summed E-state index contributed by atoms with van der Waals surface area (Å²) < 4.78 is 0. The zero-order valence-electron chi connectivity index (χ0n) is 11.6. The number of Topliss-reactive ketones (excluding diaryl/α,β-unsaturated/α-hetero) is 1. The molecule has 0 unspecified atom stereocenters. The second-order valence-electron chi connectivity index (χ2n) is 5.29. The van der Waals surface area contributed by atoms with Crippen molar-refractivity contribution in [3.8, 4) is 0 Å². The summed E-state index contributed by atoms with van der Waals surface area (Å²) >= 11 is 0. The van der Waals surface area contributed by atoms with Gasteiger partial charge in [-0.25, -0.2) is 9.97 Å². The number of aryl methyl sites for hydroxylation is 1. The van der Waals surface area contributed by atoms with Gasteiger partial charge in [0.25, 0.3) is 0 Å². The fourth-order valence-electron chi connectivity index (χ4n) is 2.77. The van der Waals surface area contributed by atoms with Gasteiger partial charge in [0.1, 0.15) is 5.82 Å². The number of hydrogen-bond acceptors (Lipinski definition) is 4. The van der Waals surface area contributed by atoms with Crippen LogP contribution in [0.3, 0.4) is 0 Å². The van der Waals surface area contributed by atoms with Gasteiger partial charge in [-0.05, 0) is 24.1 Å². The van der Waals surface area contributed by atoms with E-state index < -0.39 is 0 Å². The minimum atomic E-state index is 0.232. The number of ketones is 1. The molecule has 3 aromatic rings. The number of nitrogens with zero attached hydrogens (tertiary/aromatic N) is 3. The van der Waals surface area contributed by atoms with E-state index in [0.29, 0.717) is 6.42 Å². The lowest BCUT2D eigenvalue weighted by Gasteiger charge is -2.19. The van der Waals surface area contributed by atoms with Crippen molar-refractivity contribution >= 4 is 28.3 Å². The second kappa shape index (κ2) is 4.41. The van der Waals surface area contributed by atoms with Gasteiger partial charge in [0.05, 0.1) is 23.6 Å². The number of pyridine rings is 1. The molecule has 2 aromatic heterocycles. The third kappa shape index (κ3) is 1.89. The lowest BCUT2D eigenvalue weighted by Crippen LogP contribution is -2.11. The summed E-state index contributed by atoms with van der Waals surface area (Å²) in [5, 5.41) is 0. The van der Waals surface area contributed by atoms with Crippen LogP contribution in [-0.2, 0) is 6.42 Å². The molecule has 0 amide bonds. The molecule has 1 N–H and O–H groups in total. The van der Waals surface area contributed by atoms with E-state index in [2.05, 4.69) is 15.0 Å². The zero-order chi connectivity index (χ0) is 14.4. The van der Waals surface area contributed by atoms with Crippen molar-refractivity contribution in [3.05, 3.63) is 47.9 Å². The number of aromatic nitrogens is 3. The largest absolute Gasteiger partial charge is 0.343 e. The van der Waals surface area contributed by atoms with E-state index in [0.717, 1.165) is 40.1 Å². The number of H-pyrrole nitrogens is 1. The van der Waals surface area contributed by atoms with Gasteiger partial charge in [-0.15, -0.1) is 0 Å². The van der Waals surface area contributed by atoms with E-state index in [1.165, 1.54) is 0 Å². The Bertz CT molecular complexity index is 852. The van der Waals surface area contributed by atoms with Gasteiger partial charge in [-0.1, -0.05) is 6.07 Å². The quantitative estimate of drug-likeness (QED) is 0.783. The minimum Gasteiger partial charge on any atom is -0.343 e. The Morgan fingerprint density at radius 3 is 3.00 bits per heavy atom. The maximum Gasteiger partial charge on any atom is 0.163 e. The molecule has 4 rings (SSSR count). The second-order valence-corrected chi connectivity index (χ2v) is 5.29. The number of benzene rings is 1. The predicted molar refractivity (Wildman–Crippen MR) is 81.0 cm³/mol. The van der Waals surface area contributed by atoms with Crippen LogP contribution in [0.25, 0.3) is 11.0 Å². The van der Waals surface area contributed by atoms with Crippen molar-refractivity contribution in [1.82, 2.24) is 15.0 Å². The molecule has 0 radical (unpaired) electrons. The van der Waals surface area contributed by atoms with E-state index in [-0.39, 0.29) is 5.78 Å². The summed E-state index contributed by atoms with van der Waals surface area (Å²) in [7, 11) is 1.95. The van der Waals surface area contributed by atoms with E-state index in [1.807, 2.05) is 36.2 Å². The number of carbonyl (C=O) groups is 1. The molecule has 1 aliphatic rings. The number of hydrogen-bond donors (Lipinski definition) is 1. The molecule has 0 saturated carbocycles.